The highest BCUT2D eigenvalue weighted by molar-refractivity contribution is 8.01. The number of hydrogen-bond acceptors (Lipinski definition) is 8. The summed E-state index contributed by atoms with van der Waals surface area (Å²) in [7, 11) is 3.21. The number of methoxy groups -OCH3 is 2. The molecule has 0 fully saturated rings. The highest BCUT2D eigenvalue weighted by Gasteiger charge is 2.09. The number of amides is 1. The van der Waals surface area contributed by atoms with Crippen LogP contribution in [-0.4, -0.2) is 48.7 Å². The van der Waals surface area contributed by atoms with Crippen LogP contribution in [0.3, 0.4) is 0 Å². The molecule has 0 aliphatic heterocycles. The summed E-state index contributed by atoms with van der Waals surface area (Å²) >= 11 is 2.85. The fraction of sp³-hybridized carbons (Fsp3) is 0.471. The molecule has 0 saturated carbocycles. The fourth-order valence-electron chi connectivity index (χ4n) is 2.13. The second-order valence-corrected chi connectivity index (χ2v) is 7.95. The van der Waals surface area contributed by atoms with E-state index in [9.17, 15) is 4.79 Å². The van der Waals surface area contributed by atoms with E-state index >= 15 is 0 Å². The van der Waals surface area contributed by atoms with E-state index in [2.05, 4.69) is 20.8 Å². The molecule has 1 amide bonds. The minimum atomic E-state index is -0.0240. The Morgan fingerprint density at radius 3 is 2.69 bits per heavy atom. The number of anilines is 1. The monoisotopic (exact) mass is 396 g/mol. The Morgan fingerprint density at radius 1 is 1.23 bits per heavy atom. The first-order valence-electron chi connectivity index (χ1n) is 8.22. The predicted molar refractivity (Wildman–Crippen MR) is 106 cm³/mol. The molecule has 9 heteroatoms. The molecule has 0 aliphatic carbocycles. The molecule has 2 N–H and O–H groups in total. The maximum absolute atomic E-state index is 12.0. The molecular formula is C17H24N4O3S2. The highest BCUT2D eigenvalue weighted by Crippen LogP contribution is 2.28. The smallest absolute Gasteiger partial charge is 0.230 e. The highest BCUT2D eigenvalue weighted by atomic mass is 32.2. The summed E-state index contributed by atoms with van der Waals surface area (Å²) in [6.45, 7) is 4.64. The van der Waals surface area contributed by atoms with Crippen LogP contribution in [0.1, 0.15) is 19.4 Å². The van der Waals surface area contributed by atoms with Crippen molar-refractivity contribution in [3.8, 4) is 11.5 Å². The number of ether oxygens (including phenoxy) is 2. The van der Waals surface area contributed by atoms with Gasteiger partial charge in [0.15, 0.2) is 15.8 Å². The van der Waals surface area contributed by atoms with E-state index in [1.165, 1.54) is 23.1 Å². The van der Waals surface area contributed by atoms with Gasteiger partial charge in [-0.3, -0.25) is 4.79 Å². The molecule has 1 aromatic carbocycles. The van der Waals surface area contributed by atoms with Gasteiger partial charge in [0, 0.05) is 12.6 Å². The largest absolute Gasteiger partial charge is 0.493 e. The molecule has 7 nitrogen and oxygen atoms in total. The number of nitrogens with one attached hydrogen (secondary N) is 2. The number of nitrogens with zero attached hydrogens (tertiary/aromatic N) is 2. The van der Waals surface area contributed by atoms with Crippen LogP contribution in [-0.2, 0) is 11.2 Å². The SMILES string of the molecule is COc1ccc(CCNC(=O)CSc2nnc(NC(C)C)s2)cc1OC. The molecular weight excluding hydrogens is 372 g/mol. The van der Waals surface area contributed by atoms with Gasteiger partial charge >= 0.3 is 0 Å². The summed E-state index contributed by atoms with van der Waals surface area (Å²) < 4.78 is 11.3. The van der Waals surface area contributed by atoms with E-state index < -0.39 is 0 Å². The van der Waals surface area contributed by atoms with Crippen molar-refractivity contribution in [2.24, 2.45) is 0 Å². The fourth-order valence-corrected chi connectivity index (χ4v) is 3.86. The van der Waals surface area contributed by atoms with Crippen LogP contribution < -0.4 is 20.1 Å². The van der Waals surface area contributed by atoms with Crippen LogP contribution in [0, 0.1) is 0 Å². The Kier molecular flexibility index (Phi) is 7.99. The van der Waals surface area contributed by atoms with Crippen LogP contribution >= 0.6 is 23.1 Å². The summed E-state index contributed by atoms with van der Waals surface area (Å²) in [5.41, 5.74) is 1.07. The molecule has 1 heterocycles. The zero-order valence-corrected chi connectivity index (χ0v) is 17.0. The Hall–Kier alpha value is -2.00. The van der Waals surface area contributed by atoms with E-state index in [1.54, 1.807) is 14.2 Å². The molecule has 2 rings (SSSR count). The van der Waals surface area contributed by atoms with Gasteiger partial charge in [-0.05, 0) is 38.0 Å². The van der Waals surface area contributed by atoms with Gasteiger partial charge in [-0.2, -0.15) is 0 Å². The zero-order valence-electron chi connectivity index (χ0n) is 15.4. The zero-order chi connectivity index (χ0) is 18.9. The van der Waals surface area contributed by atoms with Gasteiger partial charge < -0.3 is 20.1 Å². The minimum absolute atomic E-state index is 0.0240. The first-order chi connectivity index (χ1) is 12.5. The Morgan fingerprint density at radius 2 is 2.00 bits per heavy atom. The standard InChI is InChI=1S/C17H24N4O3S2/c1-11(2)19-16-20-21-17(26-16)25-10-15(22)18-8-7-12-5-6-13(23-3)14(9-12)24-4/h5-6,9,11H,7-8,10H2,1-4H3,(H,18,22)(H,19,20). The average Bonchev–Trinajstić information content (AvgIpc) is 3.06. The van der Waals surface area contributed by atoms with Gasteiger partial charge in [0.05, 0.1) is 20.0 Å². The summed E-state index contributed by atoms with van der Waals surface area (Å²) in [6, 6.07) is 6.06. The third kappa shape index (κ3) is 6.38. The minimum Gasteiger partial charge on any atom is -0.493 e. The van der Waals surface area contributed by atoms with Crippen LogP contribution in [0.25, 0.3) is 0 Å². The average molecular weight is 397 g/mol. The lowest BCUT2D eigenvalue weighted by molar-refractivity contribution is -0.118. The van der Waals surface area contributed by atoms with Gasteiger partial charge in [0.25, 0.3) is 0 Å². The van der Waals surface area contributed by atoms with Crippen LogP contribution in [0.2, 0.25) is 0 Å². The van der Waals surface area contributed by atoms with E-state index in [-0.39, 0.29) is 5.91 Å². The Labute approximate surface area is 161 Å². The van der Waals surface area contributed by atoms with Crippen LogP contribution in [0.4, 0.5) is 5.13 Å². The number of benzene rings is 1. The van der Waals surface area contributed by atoms with Gasteiger partial charge in [-0.25, -0.2) is 0 Å². The van der Waals surface area contributed by atoms with Crippen molar-refractivity contribution in [3.05, 3.63) is 23.8 Å². The molecule has 0 saturated heterocycles. The number of rotatable bonds is 10. The number of hydrogen-bond donors (Lipinski definition) is 2. The van der Waals surface area contributed by atoms with E-state index in [0.717, 1.165) is 21.5 Å². The van der Waals surface area contributed by atoms with Crippen molar-refractivity contribution in [2.45, 2.75) is 30.6 Å². The second kappa shape index (κ2) is 10.2. The van der Waals surface area contributed by atoms with Gasteiger partial charge in [0.1, 0.15) is 0 Å². The topological polar surface area (TPSA) is 85.4 Å². The molecule has 2 aromatic rings. The summed E-state index contributed by atoms with van der Waals surface area (Å²) in [5, 5.41) is 15.0. The molecule has 0 unspecified atom stereocenters. The molecule has 0 spiro atoms. The van der Waals surface area contributed by atoms with Crippen molar-refractivity contribution in [1.82, 2.24) is 15.5 Å². The second-order valence-electron chi connectivity index (χ2n) is 5.75. The van der Waals surface area contributed by atoms with Crippen molar-refractivity contribution in [3.63, 3.8) is 0 Å². The van der Waals surface area contributed by atoms with E-state index in [4.69, 9.17) is 9.47 Å². The van der Waals surface area contributed by atoms with Crippen LogP contribution in [0.5, 0.6) is 11.5 Å². The normalized spacial score (nSPS) is 10.7. The third-order valence-corrected chi connectivity index (χ3v) is 5.32. The Bertz CT molecular complexity index is 722. The van der Waals surface area contributed by atoms with E-state index in [1.807, 2.05) is 32.0 Å². The predicted octanol–water partition coefficient (Wildman–Crippen LogP) is 2.83. The molecule has 0 radical (unpaired) electrons. The van der Waals surface area contributed by atoms with Gasteiger partial charge in [0.2, 0.25) is 11.0 Å². The van der Waals surface area contributed by atoms with Crippen LogP contribution in [0.15, 0.2) is 22.5 Å². The number of thioether (sulfide) groups is 1. The maximum Gasteiger partial charge on any atom is 0.230 e. The lowest BCUT2D eigenvalue weighted by Crippen LogP contribution is -2.27. The molecule has 26 heavy (non-hydrogen) atoms. The first kappa shape index (κ1) is 20.3. The summed E-state index contributed by atoms with van der Waals surface area (Å²) in [4.78, 5) is 12.0. The molecule has 1 aromatic heterocycles. The van der Waals surface area contributed by atoms with Crippen molar-refractivity contribution in [2.75, 3.05) is 31.8 Å². The number of carbonyl (C=O) groups excluding carboxylic acids is 1. The molecule has 142 valence electrons. The lowest BCUT2D eigenvalue weighted by Gasteiger charge is -2.10. The third-order valence-electron chi connectivity index (χ3n) is 3.33. The van der Waals surface area contributed by atoms with Crippen molar-refractivity contribution in [1.29, 1.82) is 0 Å². The molecule has 0 aliphatic rings. The van der Waals surface area contributed by atoms with Gasteiger partial charge in [-0.15, -0.1) is 10.2 Å². The first-order valence-corrected chi connectivity index (χ1v) is 10.0. The summed E-state index contributed by atoms with van der Waals surface area (Å²) in [6.07, 6.45) is 0.720. The summed E-state index contributed by atoms with van der Waals surface area (Å²) in [5.74, 6) is 1.68. The quantitative estimate of drug-likeness (QED) is 0.597. The van der Waals surface area contributed by atoms with Crippen molar-refractivity contribution < 1.29 is 14.3 Å². The molecule has 0 atom stereocenters. The maximum atomic E-state index is 12.0. The lowest BCUT2D eigenvalue weighted by atomic mass is 10.1. The Balaban J connectivity index is 1.73. The number of aromatic nitrogens is 2. The molecule has 0 bridgehead atoms. The van der Waals surface area contributed by atoms with Crippen molar-refractivity contribution >= 4 is 34.1 Å². The van der Waals surface area contributed by atoms with E-state index in [0.29, 0.717) is 29.8 Å². The number of carbonyl (C=O) groups is 1. The van der Waals surface area contributed by atoms with Gasteiger partial charge in [-0.1, -0.05) is 29.2 Å².